The molecule has 9 heteroatoms. The van der Waals surface area contributed by atoms with E-state index in [9.17, 15) is 13.2 Å². The maximum Gasteiger partial charge on any atom is 0.258 e. The quantitative estimate of drug-likeness (QED) is 0.592. The fraction of sp³-hybridized carbons (Fsp3) is 0.350. The van der Waals surface area contributed by atoms with E-state index < -0.39 is 10.0 Å². The highest BCUT2D eigenvalue weighted by atomic mass is 35.5. The highest BCUT2D eigenvalue weighted by Gasteiger charge is 2.17. The van der Waals surface area contributed by atoms with Gasteiger partial charge in [0.15, 0.2) is 6.61 Å². The van der Waals surface area contributed by atoms with Crippen LogP contribution in [0.15, 0.2) is 47.4 Å². The first-order valence-corrected chi connectivity index (χ1v) is 10.9. The highest BCUT2D eigenvalue weighted by molar-refractivity contribution is 7.89. The molecule has 2 aromatic rings. The van der Waals surface area contributed by atoms with Crippen LogP contribution in [0.3, 0.4) is 0 Å². The standard InChI is InChI=1S/C20H25ClN2O5S/c1-14(2)11-23-29(25,26)16-8-9-19(17(21)10-16)28-13-20(24)22-12-15-6-4-5-7-18(15)27-3/h4-10,14,23H,11-13H2,1-3H3,(H,22,24). The normalized spacial score (nSPS) is 11.3. The SMILES string of the molecule is COc1ccccc1CNC(=O)COc1ccc(S(=O)(=O)NCC(C)C)cc1Cl. The summed E-state index contributed by atoms with van der Waals surface area (Å²) in [6.07, 6.45) is 0. The van der Waals surface area contributed by atoms with Gasteiger partial charge in [-0.25, -0.2) is 13.1 Å². The molecule has 0 bridgehead atoms. The van der Waals surface area contributed by atoms with Crippen molar-refractivity contribution >= 4 is 27.5 Å². The average molecular weight is 441 g/mol. The van der Waals surface area contributed by atoms with Gasteiger partial charge in [-0.1, -0.05) is 43.6 Å². The minimum Gasteiger partial charge on any atom is -0.496 e. The van der Waals surface area contributed by atoms with Crippen molar-refractivity contribution in [2.75, 3.05) is 20.3 Å². The van der Waals surface area contributed by atoms with Gasteiger partial charge in [-0.3, -0.25) is 4.79 Å². The Morgan fingerprint density at radius 2 is 1.86 bits per heavy atom. The lowest BCUT2D eigenvalue weighted by atomic mass is 10.2. The van der Waals surface area contributed by atoms with Crippen LogP contribution in [0.5, 0.6) is 11.5 Å². The third kappa shape index (κ3) is 6.92. The second-order valence-corrected chi connectivity index (χ2v) is 8.89. The molecule has 0 heterocycles. The van der Waals surface area contributed by atoms with E-state index in [1.165, 1.54) is 18.2 Å². The van der Waals surface area contributed by atoms with Crippen molar-refractivity contribution < 1.29 is 22.7 Å². The number of carbonyl (C=O) groups is 1. The van der Waals surface area contributed by atoms with Crippen LogP contribution in [0, 0.1) is 5.92 Å². The number of para-hydroxylation sites is 1. The van der Waals surface area contributed by atoms with Crippen LogP contribution in [0.2, 0.25) is 5.02 Å². The Labute approximate surface area is 176 Å². The van der Waals surface area contributed by atoms with E-state index in [-0.39, 0.29) is 34.1 Å². The molecule has 0 saturated heterocycles. The van der Waals surface area contributed by atoms with Crippen molar-refractivity contribution in [3.8, 4) is 11.5 Å². The largest absolute Gasteiger partial charge is 0.496 e. The number of rotatable bonds is 10. The number of sulfonamides is 1. The van der Waals surface area contributed by atoms with Gasteiger partial charge >= 0.3 is 0 Å². The molecular formula is C20H25ClN2O5S. The van der Waals surface area contributed by atoms with Gasteiger partial charge in [-0.05, 0) is 30.2 Å². The summed E-state index contributed by atoms with van der Waals surface area (Å²) in [5, 5.41) is 2.84. The molecule has 0 unspecified atom stereocenters. The summed E-state index contributed by atoms with van der Waals surface area (Å²) in [5.41, 5.74) is 0.838. The van der Waals surface area contributed by atoms with Crippen LogP contribution in [-0.2, 0) is 21.4 Å². The van der Waals surface area contributed by atoms with E-state index in [0.717, 1.165) is 5.56 Å². The molecule has 0 saturated carbocycles. The molecule has 7 nitrogen and oxygen atoms in total. The van der Waals surface area contributed by atoms with Gasteiger partial charge in [0.05, 0.1) is 17.0 Å². The molecule has 2 N–H and O–H groups in total. The minimum atomic E-state index is -3.65. The van der Waals surface area contributed by atoms with Gasteiger partial charge in [0.25, 0.3) is 5.91 Å². The number of carbonyl (C=O) groups excluding carboxylic acids is 1. The summed E-state index contributed by atoms with van der Waals surface area (Å²) in [6.45, 7) is 4.17. The Hall–Kier alpha value is -2.29. The predicted octanol–water partition coefficient (Wildman–Crippen LogP) is 2.98. The van der Waals surface area contributed by atoms with Crippen molar-refractivity contribution in [2.45, 2.75) is 25.3 Å². The molecule has 0 aromatic heterocycles. The lowest BCUT2D eigenvalue weighted by Crippen LogP contribution is -2.28. The zero-order valence-electron chi connectivity index (χ0n) is 16.6. The van der Waals surface area contributed by atoms with Gasteiger partial charge in [-0.15, -0.1) is 0 Å². The maximum atomic E-state index is 12.3. The summed E-state index contributed by atoms with van der Waals surface area (Å²) in [4.78, 5) is 12.1. The fourth-order valence-electron chi connectivity index (χ4n) is 2.36. The molecule has 0 fully saturated rings. The summed E-state index contributed by atoms with van der Waals surface area (Å²) in [5.74, 6) is 0.737. The highest BCUT2D eigenvalue weighted by Crippen LogP contribution is 2.27. The van der Waals surface area contributed by atoms with Crippen molar-refractivity contribution in [1.29, 1.82) is 0 Å². The first-order chi connectivity index (χ1) is 13.7. The molecule has 0 radical (unpaired) electrons. The molecule has 29 heavy (non-hydrogen) atoms. The Morgan fingerprint density at radius 3 is 2.52 bits per heavy atom. The molecule has 0 atom stereocenters. The van der Waals surface area contributed by atoms with Gasteiger partial charge in [0.1, 0.15) is 11.5 Å². The summed E-state index contributed by atoms with van der Waals surface area (Å²) in [6, 6.07) is 11.5. The maximum absolute atomic E-state index is 12.3. The van der Waals surface area contributed by atoms with E-state index in [0.29, 0.717) is 18.8 Å². The Bertz CT molecular complexity index is 948. The lowest BCUT2D eigenvalue weighted by Gasteiger charge is -2.12. The molecule has 0 aliphatic rings. The Kier molecular flexibility index (Phi) is 8.31. The van der Waals surface area contributed by atoms with Gasteiger partial charge in [-0.2, -0.15) is 0 Å². The minimum absolute atomic E-state index is 0.0381. The molecular weight excluding hydrogens is 416 g/mol. The zero-order chi connectivity index (χ0) is 21.4. The lowest BCUT2D eigenvalue weighted by molar-refractivity contribution is -0.123. The molecule has 2 aromatic carbocycles. The molecule has 0 aliphatic carbocycles. The van der Waals surface area contributed by atoms with E-state index in [4.69, 9.17) is 21.1 Å². The van der Waals surface area contributed by atoms with Crippen molar-refractivity contribution in [3.63, 3.8) is 0 Å². The third-order valence-electron chi connectivity index (χ3n) is 3.92. The van der Waals surface area contributed by atoms with Gasteiger partial charge in [0.2, 0.25) is 10.0 Å². The number of hydrogen-bond acceptors (Lipinski definition) is 5. The fourth-order valence-corrected chi connectivity index (χ4v) is 3.90. The number of methoxy groups -OCH3 is 1. The van der Waals surface area contributed by atoms with Gasteiger partial charge in [0, 0.05) is 18.7 Å². The van der Waals surface area contributed by atoms with Crippen molar-refractivity contribution in [2.24, 2.45) is 5.92 Å². The van der Waals surface area contributed by atoms with E-state index in [1.54, 1.807) is 7.11 Å². The third-order valence-corrected chi connectivity index (χ3v) is 5.64. The summed E-state index contributed by atoms with van der Waals surface area (Å²) < 4.78 is 37.7. The smallest absolute Gasteiger partial charge is 0.258 e. The number of ether oxygens (including phenoxy) is 2. The second kappa shape index (κ2) is 10.5. The van der Waals surface area contributed by atoms with Crippen molar-refractivity contribution in [1.82, 2.24) is 10.0 Å². The molecule has 1 amide bonds. The number of benzene rings is 2. The molecule has 158 valence electrons. The number of amides is 1. The number of halogens is 1. The molecule has 0 spiro atoms. The zero-order valence-corrected chi connectivity index (χ0v) is 18.1. The van der Waals surface area contributed by atoms with E-state index in [1.807, 2.05) is 38.1 Å². The van der Waals surface area contributed by atoms with Crippen LogP contribution >= 0.6 is 11.6 Å². The van der Waals surface area contributed by atoms with E-state index >= 15 is 0 Å². The molecule has 0 aliphatic heterocycles. The van der Waals surface area contributed by atoms with Crippen LogP contribution in [0.25, 0.3) is 0 Å². The summed E-state index contributed by atoms with van der Waals surface area (Å²) >= 11 is 6.13. The Balaban J connectivity index is 1.92. The van der Waals surface area contributed by atoms with Crippen LogP contribution in [0.4, 0.5) is 0 Å². The second-order valence-electron chi connectivity index (χ2n) is 6.72. The average Bonchev–Trinajstić information content (AvgIpc) is 2.70. The number of nitrogens with one attached hydrogen (secondary N) is 2. The Morgan fingerprint density at radius 1 is 1.14 bits per heavy atom. The summed E-state index contributed by atoms with van der Waals surface area (Å²) in [7, 11) is -2.09. The topological polar surface area (TPSA) is 93.7 Å². The van der Waals surface area contributed by atoms with Crippen LogP contribution in [-0.4, -0.2) is 34.6 Å². The van der Waals surface area contributed by atoms with Crippen LogP contribution < -0.4 is 19.5 Å². The predicted molar refractivity (Wildman–Crippen MR) is 112 cm³/mol. The van der Waals surface area contributed by atoms with E-state index in [2.05, 4.69) is 10.0 Å². The first-order valence-electron chi connectivity index (χ1n) is 9.03. The first kappa shape index (κ1) is 23.0. The van der Waals surface area contributed by atoms with Gasteiger partial charge < -0.3 is 14.8 Å². The molecule has 2 rings (SSSR count). The van der Waals surface area contributed by atoms with Crippen LogP contribution in [0.1, 0.15) is 19.4 Å². The number of hydrogen-bond donors (Lipinski definition) is 2. The van der Waals surface area contributed by atoms with Crippen molar-refractivity contribution in [3.05, 3.63) is 53.1 Å². The monoisotopic (exact) mass is 440 g/mol.